The molecule has 0 radical (unpaired) electrons. The smallest absolute Gasteiger partial charge is 0.0477 e. The van der Waals surface area contributed by atoms with Gasteiger partial charge in [-0.15, -0.1) is 0 Å². The molecule has 0 saturated heterocycles. The average Bonchev–Trinajstić information content (AvgIpc) is 2.30. The zero-order chi connectivity index (χ0) is 10.9. The molecule has 0 heterocycles. The highest BCUT2D eigenvalue weighted by Gasteiger charge is 2.18. The number of nitrogens with one attached hydrogen (secondary N) is 1. The van der Waals surface area contributed by atoms with Crippen molar-refractivity contribution in [3.63, 3.8) is 0 Å². The lowest BCUT2D eigenvalue weighted by Crippen LogP contribution is -2.35. The maximum atomic E-state index is 5.32. The first-order chi connectivity index (χ1) is 7.34. The SMILES string of the molecule is CCOCCCN[C@H](C)C1CCCCC1. The van der Waals surface area contributed by atoms with Gasteiger partial charge in [0.2, 0.25) is 0 Å². The first kappa shape index (κ1) is 13.0. The average molecular weight is 213 g/mol. The topological polar surface area (TPSA) is 21.3 Å². The molecule has 0 aromatic heterocycles. The second-order valence-corrected chi connectivity index (χ2v) is 4.69. The van der Waals surface area contributed by atoms with Gasteiger partial charge in [-0.25, -0.2) is 0 Å². The Morgan fingerprint density at radius 3 is 2.67 bits per heavy atom. The molecular formula is C13H27NO. The Labute approximate surface area is 94.8 Å². The van der Waals surface area contributed by atoms with Crippen molar-refractivity contribution in [3.8, 4) is 0 Å². The van der Waals surface area contributed by atoms with E-state index in [4.69, 9.17) is 4.74 Å². The van der Waals surface area contributed by atoms with Crippen LogP contribution in [0.25, 0.3) is 0 Å². The molecular weight excluding hydrogens is 186 g/mol. The summed E-state index contributed by atoms with van der Waals surface area (Å²) >= 11 is 0. The first-order valence-corrected chi connectivity index (χ1v) is 6.65. The molecule has 1 fully saturated rings. The largest absolute Gasteiger partial charge is 0.382 e. The second kappa shape index (κ2) is 8.12. The van der Waals surface area contributed by atoms with Gasteiger partial charge in [-0.05, 0) is 45.6 Å². The van der Waals surface area contributed by atoms with Crippen LogP contribution in [0.15, 0.2) is 0 Å². The monoisotopic (exact) mass is 213 g/mol. The van der Waals surface area contributed by atoms with E-state index in [2.05, 4.69) is 19.2 Å². The quantitative estimate of drug-likeness (QED) is 0.656. The summed E-state index contributed by atoms with van der Waals surface area (Å²) in [5.74, 6) is 0.922. The lowest BCUT2D eigenvalue weighted by atomic mass is 9.84. The van der Waals surface area contributed by atoms with E-state index >= 15 is 0 Å². The van der Waals surface area contributed by atoms with Crippen LogP contribution in [0.4, 0.5) is 0 Å². The van der Waals surface area contributed by atoms with Crippen molar-refractivity contribution in [1.82, 2.24) is 5.32 Å². The van der Waals surface area contributed by atoms with E-state index in [1.807, 2.05) is 0 Å². The molecule has 15 heavy (non-hydrogen) atoms. The molecule has 1 aliphatic rings. The predicted molar refractivity (Wildman–Crippen MR) is 65.1 cm³/mol. The summed E-state index contributed by atoms with van der Waals surface area (Å²) in [5.41, 5.74) is 0. The zero-order valence-corrected chi connectivity index (χ0v) is 10.4. The molecule has 1 rings (SSSR count). The Hall–Kier alpha value is -0.0800. The molecule has 0 spiro atoms. The van der Waals surface area contributed by atoms with Gasteiger partial charge in [0.25, 0.3) is 0 Å². The Balaban J connectivity index is 1.99. The molecule has 0 aromatic carbocycles. The van der Waals surface area contributed by atoms with Gasteiger partial charge in [0, 0.05) is 19.3 Å². The van der Waals surface area contributed by atoms with E-state index in [0.717, 1.165) is 32.1 Å². The van der Waals surface area contributed by atoms with Crippen molar-refractivity contribution in [1.29, 1.82) is 0 Å². The molecule has 2 nitrogen and oxygen atoms in total. The van der Waals surface area contributed by atoms with Gasteiger partial charge in [-0.3, -0.25) is 0 Å². The molecule has 0 amide bonds. The highest BCUT2D eigenvalue weighted by Crippen LogP contribution is 2.26. The van der Waals surface area contributed by atoms with E-state index in [9.17, 15) is 0 Å². The van der Waals surface area contributed by atoms with Crippen LogP contribution in [0, 0.1) is 5.92 Å². The van der Waals surface area contributed by atoms with Gasteiger partial charge in [0.05, 0.1) is 0 Å². The van der Waals surface area contributed by atoms with Gasteiger partial charge in [-0.2, -0.15) is 0 Å². The highest BCUT2D eigenvalue weighted by atomic mass is 16.5. The third-order valence-electron chi connectivity index (χ3n) is 3.49. The minimum absolute atomic E-state index is 0.701. The Morgan fingerprint density at radius 2 is 2.00 bits per heavy atom. The minimum atomic E-state index is 0.701. The van der Waals surface area contributed by atoms with Crippen molar-refractivity contribution in [3.05, 3.63) is 0 Å². The number of hydrogen-bond donors (Lipinski definition) is 1. The maximum Gasteiger partial charge on any atom is 0.0477 e. The molecule has 0 aromatic rings. The lowest BCUT2D eigenvalue weighted by molar-refractivity contribution is 0.143. The van der Waals surface area contributed by atoms with Crippen LogP contribution in [-0.4, -0.2) is 25.8 Å². The third-order valence-corrected chi connectivity index (χ3v) is 3.49. The zero-order valence-electron chi connectivity index (χ0n) is 10.4. The van der Waals surface area contributed by atoms with Crippen molar-refractivity contribution in [2.24, 2.45) is 5.92 Å². The van der Waals surface area contributed by atoms with E-state index in [0.29, 0.717) is 6.04 Å². The standard InChI is InChI=1S/C13H27NO/c1-3-15-11-7-10-14-12(2)13-8-5-4-6-9-13/h12-14H,3-11H2,1-2H3/t12-/m1/s1. The molecule has 1 aliphatic carbocycles. The number of hydrogen-bond acceptors (Lipinski definition) is 2. The second-order valence-electron chi connectivity index (χ2n) is 4.69. The predicted octanol–water partition coefficient (Wildman–Crippen LogP) is 2.97. The summed E-state index contributed by atoms with van der Waals surface area (Å²) in [4.78, 5) is 0. The van der Waals surface area contributed by atoms with Gasteiger partial charge in [-0.1, -0.05) is 19.3 Å². The van der Waals surface area contributed by atoms with Crippen molar-refractivity contribution >= 4 is 0 Å². The lowest BCUT2D eigenvalue weighted by Gasteiger charge is -2.28. The fourth-order valence-electron chi connectivity index (χ4n) is 2.45. The van der Waals surface area contributed by atoms with Crippen molar-refractivity contribution < 1.29 is 4.74 Å². The van der Waals surface area contributed by atoms with Gasteiger partial charge in [0.1, 0.15) is 0 Å². The summed E-state index contributed by atoms with van der Waals surface area (Å²) in [7, 11) is 0. The van der Waals surface area contributed by atoms with E-state index in [-0.39, 0.29) is 0 Å². The maximum absolute atomic E-state index is 5.32. The fourth-order valence-corrected chi connectivity index (χ4v) is 2.45. The van der Waals surface area contributed by atoms with Gasteiger partial charge >= 0.3 is 0 Å². The Bertz CT molecular complexity index is 143. The van der Waals surface area contributed by atoms with E-state index < -0.39 is 0 Å². The molecule has 2 heteroatoms. The van der Waals surface area contributed by atoms with Crippen LogP contribution < -0.4 is 5.32 Å². The van der Waals surface area contributed by atoms with Crippen LogP contribution in [0.5, 0.6) is 0 Å². The molecule has 0 bridgehead atoms. The highest BCUT2D eigenvalue weighted by molar-refractivity contribution is 4.75. The van der Waals surface area contributed by atoms with E-state index in [1.54, 1.807) is 0 Å². The van der Waals surface area contributed by atoms with Crippen LogP contribution in [0.3, 0.4) is 0 Å². The molecule has 90 valence electrons. The van der Waals surface area contributed by atoms with E-state index in [1.165, 1.54) is 32.1 Å². The summed E-state index contributed by atoms with van der Waals surface area (Å²) in [6, 6.07) is 0.701. The van der Waals surface area contributed by atoms with Crippen LogP contribution in [0.1, 0.15) is 52.4 Å². The van der Waals surface area contributed by atoms with Crippen LogP contribution in [0.2, 0.25) is 0 Å². The molecule has 1 saturated carbocycles. The fraction of sp³-hybridized carbons (Fsp3) is 1.00. The molecule has 0 aliphatic heterocycles. The van der Waals surface area contributed by atoms with Crippen molar-refractivity contribution in [2.45, 2.75) is 58.4 Å². The Kier molecular flexibility index (Phi) is 7.03. The molecule has 1 atom stereocenters. The summed E-state index contributed by atoms with van der Waals surface area (Å²) in [6.07, 6.45) is 8.34. The van der Waals surface area contributed by atoms with Crippen molar-refractivity contribution in [2.75, 3.05) is 19.8 Å². The number of ether oxygens (including phenoxy) is 1. The minimum Gasteiger partial charge on any atom is -0.382 e. The van der Waals surface area contributed by atoms with Crippen LogP contribution in [-0.2, 0) is 4.74 Å². The van der Waals surface area contributed by atoms with Crippen LogP contribution >= 0.6 is 0 Å². The summed E-state index contributed by atoms with van der Waals surface area (Å²) in [5, 5.41) is 3.63. The van der Waals surface area contributed by atoms with Gasteiger partial charge in [0.15, 0.2) is 0 Å². The first-order valence-electron chi connectivity index (χ1n) is 6.65. The summed E-state index contributed by atoms with van der Waals surface area (Å²) in [6.45, 7) is 7.26. The Morgan fingerprint density at radius 1 is 1.27 bits per heavy atom. The molecule has 1 N–H and O–H groups in total. The number of rotatable bonds is 7. The third kappa shape index (κ3) is 5.53. The normalized spacial score (nSPS) is 20.4. The van der Waals surface area contributed by atoms with Gasteiger partial charge < -0.3 is 10.1 Å². The molecule has 0 unspecified atom stereocenters. The summed E-state index contributed by atoms with van der Waals surface area (Å²) < 4.78 is 5.32.